The minimum atomic E-state index is -0.200. The largest absolute Gasteiger partial charge is 0.439 e. The third-order valence-electron chi connectivity index (χ3n) is 4.75. The highest BCUT2D eigenvalue weighted by molar-refractivity contribution is 5.92. The molecule has 0 bridgehead atoms. The summed E-state index contributed by atoms with van der Waals surface area (Å²) in [5.41, 5.74) is 2.16. The van der Waals surface area contributed by atoms with Gasteiger partial charge in [0.15, 0.2) is 5.82 Å². The smallest absolute Gasteiger partial charge is 0.274 e. The lowest BCUT2D eigenvalue weighted by Crippen LogP contribution is -2.32. The Kier molecular flexibility index (Phi) is 4.97. The van der Waals surface area contributed by atoms with Crippen LogP contribution in [0.4, 0.5) is 0 Å². The van der Waals surface area contributed by atoms with Crippen molar-refractivity contribution in [2.24, 2.45) is 0 Å². The van der Waals surface area contributed by atoms with Crippen LogP contribution in [0.25, 0.3) is 0 Å². The van der Waals surface area contributed by atoms with E-state index in [4.69, 9.17) is 4.74 Å². The van der Waals surface area contributed by atoms with E-state index < -0.39 is 0 Å². The van der Waals surface area contributed by atoms with Crippen molar-refractivity contribution in [3.63, 3.8) is 0 Å². The van der Waals surface area contributed by atoms with Crippen molar-refractivity contribution < 1.29 is 9.53 Å². The summed E-state index contributed by atoms with van der Waals surface area (Å²) in [4.78, 5) is 32.0. The van der Waals surface area contributed by atoms with Gasteiger partial charge in [-0.25, -0.2) is 9.97 Å². The SMILES string of the molecule is Cc1cc(Oc2ccccc2C)nc([C@@H]2CCCN2C(=O)c2cnccn2)n1. The number of nitrogens with zero attached hydrogens (tertiary/aromatic N) is 5. The number of carbonyl (C=O) groups excluding carboxylic acids is 1. The minimum absolute atomic E-state index is 0.151. The average Bonchev–Trinajstić information content (AvgIpc) is 3.19. The quantitative estimate of drug-likeness (QED) is 0.692. The van der Waals surface area contributed by atoms with Gasteiger partial charge >= 0.3 is 0 Å². The number of aromatic nitrogens is 4. The zero-order valence-corrected chi connectivity index (χ0v) is 15.9. The second-order valence-electron chi connectivity index (χ2n) is 6.82. The van der Waals surface area contributed by atoms with E-state index in [2.05, 4.69) is 19.9 Å². The van der Waals surface area contributed by atoms with Crippen molar-refractivity contribution >= 4 is 5.91 Å². The number of amides is 1. The fraction of sp³-hybridized carbons (Fsp3) is 0.286. The van der Waals surface area contributed by atoms with Crippen molar-refractivity contribution in [1.82, 2.24) is 24.8 Å². The van der Waals surface area contributed by atoms with Crippen LogP contribution in [0.5, 0.6) is 11.6 Å². The summed E-state index contributed by atoms with van der Waals surface area (Å²) in [6, 6.07) is 9.39. The maximum atomic E-state index is 12.9. The average molecular weight is 375 g/mol. The number of rotatable bonds is 4. The van der Waals surface area contributed by atoms with Gasteiger partial charge in [-0.2, -0.15) is 4.98 Å². The standard InChI is InChI=1S/C21H21N5O2/c1-14-6-3-4-8-18(14)28-19-12-15(2)24-20(25-19)17-7-5-11-26(17)21(27)16-13-22-9-10-23-16/h3-4,6,8-10,12-13,17H,5,7,11H2,1-2H3/t17-/m0/s1. The van der Waals surface area contributed by atoms with Crippen LogP contribution >= 0.6 is 0 Å². The number of carbonyl (C=O) groups is 1. The molecule has 0 saturated carbocycles. The molecule has 142 valence electrons. The monoisotopic (exact) mass is 375 g/mol. The number of para-hydroxylation sites is 1. The Morgan fingerprint density at radius 1 is 1.18 bits per heavy atom. The van der Waals surface area contributed by atoms with Gasteiger partial charge < -0.3 is 9.64 Å². The van der Waals surface area contributed by atoms with Crippen molar-refractivity contribution in [3.05, 3.63) is 71.7 Å². The van der Waals surface area contributed by atoms with Crippen molar-refractivity contribution in [2.45, 2.75) is 32.7 Å². The van der Waals surface area contributed by atoms with Crippen LogP contribution in [-0.4, -0.2) is 37.3 Å². The van der Waals surface area contributed by atoms with E-state index in [0.717, 1.165) is 29.8 Å². The number of hydrogen-bond acceptors (Lipinski definition) is 6. The molecular formula is C21H21N5O2. The summed E-state index contributed by atoms with van der Waals surface area (Å²) in [5, 5.41) is 0. The van der Waals surface area contributed by atoms with Crippen molar-refractivity contribution in [2.75, 3.05) is 6.54 Å². The molecule has 4 rings (SSSR count). The van der Waals surface area contributed by atoms with Crippen LogP contribution in [0.2, 0.25) is 0 Å². The molecule has 7 nitrogen and oxygen atoms in total. The summed E-state index contributed by atoms with van der Waals surface area (Å²) < 4.78 is 5.99. The molecule has 1 saturated heterocycles. The number of likely N-dealkylation sites (tertiary alicyclic amines) is 1. The van der Waals surface area contributed by atoms with Gasteiger partial charge in [0, 0.05) is 30.7 Å². The van der Waals surface area contributed by atoms with Gasteiger partial charge in [-0.1, -0.05) is 18.2 Å². The molecule has 0 N–H and O–H groups in total. The zero-order valence-electron chi connectivity index (χ0n) is 15.9. The molecule has 1 aromatic carbocycles. The molecule has 0 spiro atoms. The van der Waals surface area contributed by atoms with Gasteiger partial charge in [0.1, 0.15) is 11.4 Å². The number of benzene rings is 1. The van der Waals surface area contributed by atoms with Gasteiger partial charge in [-0.05, 0) is 38.3 Å². The van der Waals surface area contributed by atoms with E-state index in [1.165, 1.54) is 12.4 Å². The van der Waals surface area contributed by atoms with Gasteiger partial charge in [0.25, 0.3) is 5.91 Å². The third kappa shape index (κ3) is 3.69. The lowest BCUT2D eigenvalue weighted by atomic mass is 10.2. The second kappa shape index (κ2) is 7.72. The van der Waals surface area contributed by atoms with Gasteiger partial charge in [-0.15, -0.1) is 0 Å². The minimum Gasteiger partial charge on any atom is -0.439 e. The zero-order chi connectivity index (χ0) is 19.5. The first-order valence-electron chi connectivity index (χ1n) is 9.28. The first kappa shape index (κ1) is 18.0. The summed E-state index contributed by atoms with van der Waals surface area (Å²) in [7, 11) is 0. The number of hydrogen-bond donors (Lipinski definition) is 0. The Hall–Kier alpha value is -3.35. The van der Waals surface area contributed by atoms with Crippen LogP contribution in [0.1, 0.15) is 46.5 Å². The van der Waals surface area contributed by atoms with Crippen molar-refractivity contribution in [3.8, 4) is 11.6 Å². The predicted octanol–water partition coefficient (Wildman–Crippen LogP) is 3.65. The fourth-order valence-corrected chi connectivity index (χ4v) is 3.38. The molecule has 7 heteroatoms. The van der Waals surface area contributed by atoms with E-state index in [-0.39, 0.29) is 11.9 Å². The Labute approximate surface area is 163 Å². The molecule has 2 aromatic heterocycles. The molecule has 0 aliphatic carbocycles. The van der Waals surface area contributed by atoms with Crippen LogP contribution in [0.3, 0.4) is 0 Å². The normalized spacial score (nSPS) is 16.2. The van der Waals surface area contributed by atoms with E-state index >= 15 is 0 Å². The first-order chi connectivity index (χ1) is 13.6. The van der Waals surface area contributed by atoms with Crippen LogP contribution in [0.15, 0.2) is 48.9 Å². The maximum absolute atomic E-state index is 12.9. The van der Waals surface area contributed by atoms with Gasteiger partial charge in [-0.3, -0.25) is 9.78 Å². The highest BCUT2D eigenvalue weighted by Gasteiger charge is 2.33. The van der Waals surface area contributed by atoms with E-state index in [0.29, 0.717) is 23.9 Å². The lowest BCUT2D eigenvalue weighted by molar-refractivity contribution is 0.0722. The summed E-state index contributed by atoms with van der Waals surface area (Å²) in [5.74, 6) is 1.68. The Morgan fingerprint density at radius 3 is 2.82 bits per heavy atom. The highest BCUT2D eigenvalue weighted by Crippen LogP contribution is 2.33. The maximum Gasteiger partial charge on any atom is 0.274 e. The molecule has 1 aliphatic heterocycles. The highest BCUT2D eigenvalue weighted by atomic mass is 16.5. The van der Waals surface area contributed by atoms with Crippen LogP contribution in [0, 0.1) is 13.8 Å². The summed E-state index contributed by atoms with van der Waals surface area (Å²) in [6.07, 6.45) is 6.26. The topological polar surface area (TPSA) is 81.1 Å². The molecule has 1 fully saturated rings. The molecule has 1 atom stereocenters. The number of ether oxygens (including phenoxy) is 1. The predicted molar refractivity (Wildman–Crippen MR) is 103 cm³/mol. The van der Waals surface area contributed by atoms with E-state index in [1.54, 1.807) is 17.2 Å². The fourth-order valence-electron chi connectivity index (χ4n) is 3.38. The molecule has 3 heterocycles. The summed E-state index contributed by atoms with van der Waals surface area (Å²) >= 11 is 0. The molecule has 0 unspecified atom stereocenters. The van der Waals surface area contributed by atoms with E-state index in [1.807, 2.05) is 38.1 Å². The molecular weight excluding hydrogens is 354 g/mol. The molecule has 0 radical (unpaired) electrons. The Balaban J connectivity index is 1.62. The molecule has 3 aromatic rings. The third-order valence-corrected chi connectivity index (χ3v) is 4.75. The summed E-state index contributed by atoms with van der Waals surface area (Å²) in [6.45, 7) is 4.54. The first-order valence-corrected chi connectivity index (χ1v) is 9.28. The second-order valence-corrected chi connectivity index (χ2v) is 6.82. The number of aryl methyl sites for hydroxylation is 2. The van der Waals surface area contributed by atoms with E-state index in [9.17, 15) is 4.79 Å². The lowest BCUT2D eigenvalue weighted by Gasteiger charge is -2.23. The van der Waals surface area contributed by atoms with Crippen LogP contribution in [-0.2, 0) is 0 Å². The van der Waals surface area contributed by atoms with Crippen molar-refractivity contribution in [1.29, 1.82) is 0 Å². The Morgan fingerprint density at radius 2 is 2.04 bits per heavy atom. The van der Waals surface area contributed by atoms with Crippen LogP contribution < -0.4 is 4.74 Å². The Bertz CT molecular complexity index is 993. The molecule has 1 aliphatic rings. The molecule has 28 heavy (non-hydrogen) atoms. The van der Waals surface area contributed by atoms with Gasteiger partial charge in [0.2, 0.25) is 5.88 Å². The molecule has 1 amide bonds. The van der Waals surface area contributed by atoms with Gasteiger partial charge in [0.05, 0.1) is 12.2 Å².